The molecule has 1 aliphatic heterocycles. The fourth-order valence-corrected chi connectivity index (χ4v) is 5.77. The lowest BCUT2D eigenvalue weighted by Crippen LogP contribution is -2.50. The van der Waals surface area contributed by atoms with Crippen molar-refractivity contribution in [1.29, 1.82) is 0 Å². The van der Waals surface area contributed by atoms with Crippen molar-refractivity contribution >= 4 is 17.2 Å². The topological polar surface area (TPSA) is 36.4 Å². The van der Waals surface area contributed by atoms with Crippen LogP contribution in [0.25, 0.3) is 0 Å². The Bertz CT molecular complexity index is 980. The molecule has 0 N–H and O–H groups in total. The fraction of sp³-hybridized carbons (Fsp3) is 0.407. The Hall–Kier alpha value is -2.50. The first-order valence-electron chi connectivity index (χ1n) is 11.8. The molecular formula is C27H31N3OS. The molecule has 2 fully saturated rings. The van der Waals surface area contributed by atoms with Crippen molar-refractivity contribution in [3.05, 3.63) is 88.4 Å². The molecule has 3 aromatic rings. The zero-order chi connectivity index (χ0) is 21.8. The van der Waals surface area contributed by atoms with Crippen LogP contribution in [-0.2, 0) is 13.0 Å². The lowest BCUT2D eigenvalue weighted by atomic mass is 9.84. The number of amides is 1. The van der Waals surface area contributed by atoms with Gasteiger partial charge in [-0.2, -0.15) is 0 Å². The van der Waals surface area contributed by atoms with Crippen molar-refractivity contribution in [2.75, 3.05) is 13.1 Å². The molecule has 1 saturated carbocycles. The molecule has 5 heteroatoms. The first kappa shape index (κ1) is 21.4. The second-order valence-corrected chi connectivity index (χ2v) is 10.1. The minimum atomic E-state index is 0.107. The monoisotopic (exact) mass is 445 g/mol. The molecule has 1 aliphatic carbocycles. The van der Waals surface area contributed by atoms with Crippen LogP contribution in [-0.4, -0.2) is 45.9 Å². The minimum absolute atomic E-state index is 0.107. The highest BCUT2D eigenvalue weighted by molar-refractivity contribution is 7.09. The summed E-state index contributed by atoms with van der Waals surface area (Å²) in [4.78, 5) is 24.3. The van der Waals surface area contributed by atoms with Gasteiger partial charge in [0.15, 0.2) is 0 Å². The molecule has 2 aliphatic rings. The van der Waals surface area contributed by atoms with Crippen molar-refractivity contribution in [2.24, 2.45) is 5.92 Å². The highest BCUT2D eigenvalue weighted by atomic mass is 32.1. The van der Waals surface area contributed by atoms with Crippen LogP contribution in [0.2, 0.25) is 0 Å². The smallest absolute Gasteiger partial charge is 0.272 e. The summed E-state index contributed by atoms with van der Waals surface area (Å²) in [5.41, 5.74) is 1.89. The van der Waals surface area contributed by atoms with Crippen molar-refractivity contribution in [3.8, 4) is 0 Å². The van der Waals surface area contributed by atoms with Gasteiger partial charge in [-0.3, -0.25) is 14.7 Å². The van der Waals surface area contributed by atoms with Gasteiger partial charge < -0.3 is 4.90 Å². The Morgan fingerprint density at radius 2 is 1.78 bits per heavy atom. The molecule has 3 heterocycles. The summed E-state index contributed by atoms with van der Waals surface area (Å²) in [6, 6.07) is 21.3. The SMILES string of the molecule is O=C(c1ccccn1)N(C1CC1)[C@@H](Cc1ccccc1)C1CCN(Cc2cccs2)CC1. The molecule has 1 saturated heterocycles. The van der Waals surface area contributed by atoms with Gasteiger partial charge in [0.25, 0.3) is 5.91 Å². The first-order valence-corrected chi connectivity index (χ1v) is 12.7. The number of aromatic nitrogens is 1. The summed E-state index contributed by atoms with van der Waals surface area (Å²) < 4.78 is 0. The number of likely N-dealkylation sites (tertiary alicyclic amines) is 1. The molecule has 0 bridgehead atoms. The third-order valence-electron chi connectivity index (χ3n) is 6.84. The summed E-state index contributed by atoms with van der Waals surface area (Å²) >= 11 is 1.84. The van der Waals surface area contributed by atoms with Gasteiger partial charge in [-0.1, -0.05) is 42.5 Å². The molecule has 4 nitrogen and oxygen atoms in total. The Morgan fingerprint density at radius 1 is 1.00 bits per heavy atom. The van der Waals surface area contributed by atoms with E-state index in [-0.39, 0.29) is 11.9 Å². The van der Waals surface area contributed by atoms with Crippen LogP contribution in [0.5, 0.6) is 0 Å². The van der Waals surface area contributed by atoms with Crippen LogP contribution in [0, 0.1) is 5.92 Å². The molecule has 0 radical (unpaired) electrons. The molecule has 0 spiro atoms. The second kappa shape index (κ2) is 9.97. The van der Waals surface area contributed by atoms with Gasteiger partial charge in [0.05, 0.1) is 0 Å². The summed E-state index contributed by atoms with van der Waals surface area (Å²) in [7, 11) is 0. The van der Waals surface area contributed by atoms with E-state index in [1.807, 2.05) is 29.5 Å². The van der Waals surface area contributed by atoms with Gasteiger partial charge in [0.1, 0.15) is 5.69 Å². The third kappa shape index (κ3) is 5.11. The first-order chi connectivity index (χ1) is 15.8. The van der Waals surface area contributed by atoms with Crippen LogP contribution < -0.4 is 0 Å². The van der Waals surface area contributed by atoms with E-state index in [1.165, 1.54) is 10.4 Å². The number of nitrogens with zero attached hydrogens (tertiary/aromatic N) is 3. The fourth-order valence-electron chi connectivity index (χ4n) is 5.03. The van der Waals surface area contributed by atoms with Gasteiger partial charge in [0, 0.05) is 29.7 Å². The summed E-state index contributed by atoms with van der Waals surface area (Å²) in [5, 5.41) is 2.16. The molecule has 166 valence electrons. The maximum atomic E-state index is 13.6. The summed E-state index contributed by atoms with van der Waals surface area (Å²) in [6.07, 6.45) is 7.16. The standard InChI is InChI=1S/C27H31N3OS/c31-27(25-10-4-5-15-28-25)30(23-11-12-23)26(19-21-7-2-1-3-8-21)22-13-16-29(17-14-22)20-24-9-6-18-32-24/h1-10,15,18,22-23,26H,11-14,16-17,19-20H2/t26-/m0/s1. The van der Waals surface area contributed by atoms with Crippen molar-refractivity contribution < 1.29 is 4.79 Å². The number of rotatable bonds is 8. The number of pyridine rings is 1. The van der Waals surface area contributed by atoms with Crippen LogP contribution in [0.4, 0.5) is 0 Å². The maximum absolute atomic E-state index is 13.6. The van der Waals surface area contributed by atoms with Crippen LogP contribution in [0.3, 0.4) is 0 Å². The number of carbonyl (C=O) groups is 1. The van der Waals surface area contributed by atoms with Gasteiger partial charge in [-0.25, -0.2) is 0 Å². The number of thiophene rings is 1. The Kier molecular flexibility index (Phi) is 6.65. The van der Waals surface area contributed by atoms with E-state index in [0.717, 1.165) is 51.7 Å². The van der Waals surface area contributed by atoms with Gasteiger partial charge in [-0.15, -0.1) is 11.3 Å². The van der Waals surface area contributed by atoms with E-state index in [4.69, 9.17) is 0 Å². The van der Waals surface area contributed by atoms with Crippen molar-refractivity contribution in [2.45, 2.75) is 50.7 Å². The molecule has 0 unspecified atom stereocenters. The Labute approximate surface area is 194 Å². The maximum Gasteiger partial charge on any atom is 0.272 e. The van der Waals surface area contributed by atoms with Crippen LogP contribution >= 0.6 is 11.3 Å². The molecule has 1 aromatic carbocycles. The Morgan fingerprint density at radius 3 is 2.44 bits per heavy atom. The number of benzene rings is 1. The Balaban J connectivity index is 1.36. The zero-order valence-corrected chi connectivity index (χ0v) is 19.3. The largest absolute Gasteiger partial charge is 0.331 e. The molecule has 1 atom stereocenters. The average Bonchev–Trinajstić information content (AvgIpc) is 3.55. The van der Waals surface area contributed by atoms with Crippen molar-refractivity contribution in [3.63, 3.8) is 0 Å². The lowest BCUT2D eigenvalue weighted by molar-refractivity contribution is 0.0477. The highest BCUT2D eigenvalue weighted by Gasteiger charge is 2.41. The quantitative estimate of drug-likeness (QED) is 0.474. The molecule has 5 rings (SSSR count). The van der Waals surface area contributed by atoms with Gasteiger partial charge in [-0.05, 0) is 80.3 Å². The van der Waals surface area contributed by atoms with Crippen LogP contribution in [0.15, 0.2) is 72.2 Å². The number of hydrogen-bond acceptors (Lipinski definition) is 4. The lowest BCUT2D eigenvalue weighted by Gasteiger charge is -2.41. The predicted octanol–water partition coefficient (Wildman–Crippen LogP) is 5.27. The van der Waals surface area contributed by atoms with Crippen molar-refractivity contribution in [1.82, 2.24) is 14.8 Å². The number of carbonyl (C=O) groups excluding carboxylic acids is 1. The molecule has 2 aromatic heterocycles. The predicted molar refractivity (Wildman–Crippen MR) is 130 cm³/mol. The molecular weight excluding hydrogens is 414 g/mol. The second-order valence-electron chi connectivity index (χ2n) is 9.11. The van der Waals surface area contributed by atoms with E-state index in [0.29, 0.717) is 17.7 Å². The third-order valence-corrected chi connectivity index (χ3v) is 7.70. The van der Waals surface area contributed by atoms with Gasteiger partial charge >= 0.3 is 0 Å². The van der Waals surface area contributed by atoms with E-state index < -0.39 is 0 Å². The van der Waals surface area contributed by atoms with E-state index in [2.05, 4.69) is 62.6 Å². The van der Waals surface area contributed by atoms with E-state index in [9.17, 15) is 4.79 Å². The molecule has 1 amide bonds. The van der Waals surface area contributed by atoms with E-state index >= 15 is 0 Å². The summed E-state index contributed by atoms with van der Waals surface area (Å²) in [6.45, 7) is 3.25. The van der Waals surface area contributed by atoms with E-state index in [1.54, 1.807) is 6.20 Å². The van der Waals surface area contributed by atoms with Crippen LogP contribution in [0.1, 0.15) is 46.6 Å². The minimum Gasteiger partial charge on any atom is -0.331 e. The normalized spacial score (nSPS) is 18.4. The highest BCUT2D eigenvalue weighted by Crippen LogP contribution is 2.36. The average molecular weight is 446 g/mol. The summed E-state index contributed by atoms with van der Waals surface area (Å²) in [5.74, 6) is 0.623. The number of piperidine rings is 1. The molecule has 32 heavy (non-hydrogen) atoms. The zero-order valence-electron chi connectivity index (χ0n) is 18.5. The number of hydrogen-bond donors (Lipinski definition) is 0. The van der Waals surface area contributed by atoms with Gasteiger partial charge in [0.2, 0.25) is 0 Å².